The van der Waals surface area contributed by atoms with Gasteiger partial charge < -0.3 is 0 Å². The Hall–Kier alpha value is -0.193. The lowest BCUT2D eigenvalue weighted by molar-refractivity contribution is -0.137. The Morgan fingerprint density at radius 3 is 1.93 bits per heavy atom. The molecule has 0 heterocycles. The SMILES string of the molecule is FC(F)(F)c1ccc(C[SiH](Cl)Cl)cc1. The number of alkyl halides is 3. The van der Waals surface area contributed by atoms with Gasteiger partial charge in [-0.25, -0.2) is 0 Å². The average molecular weight is 259 g/mol. The van der Waals surface area contributed by atoms with Gasteiger partial charge in [0.05, 0.1) is 5.56 Å². The second-order valence-electron chi connectivity index (χ2n) is 2.79. The van der Waals surface area contributed by atoms with Crippen molar-refractivity contribution >= 4 is 29.6 Å². The molecule has 1 aromatic carbocycles. The largest absolute Gasteiger partial charge is 0.416 e. The van der Waals surface area contributed by atoms with Crippen LogP contribution in [0.15, 0.2) is 24.3 Å². The number of hydrogen-bond acceptors (Lipinski definition) is 0. The van der Waals surface area contributed by atoms with Crippen molar-refractivity contribution in [3.8, 4) is 0 Å². The fraction of sp³-hybridized carbons (Fsp3) is 0.250. The van der Waals surface area contributed by atoms with Gasteiger partial charge >= 0.3 is 6.18 Å². The molecule has 0 aliphatic rings. The van der Waals surface area contributed by atoms with Crippen LogP contribution in [0.5, 0.6) is 0 Å². The summed E-state index contributed by atoms with van der Waals surface area (Å²) in [5.74, 6) is 0. The summed E-state index contributed by atoms with van der Waals surface area (Å²) < 4.78 is 36.4. The van der Waals surface area contributed by atoms with E-state index in [2.05, 4.69) is 0 Å². The number of rotatable bonds is 2. The van der Waals surface area contributed by atoms with E-state index in [9.17, 15) is 13.2 Å². The van der Waals surface area contributed by atoms with E-state index in [1.807, 2.05) is 0 Å². The Morgan fingerprint density at radius 1 is 1.07 bits per heavy atom. The van der Waals surface area contributed by atoms with Gasteiger partial charge in [0.1, 0.15) is 0 Å². The fourth-order valence-electron chi connectivity index (χ4n) is 1.01. The van der Waals surface area contributed by atoms with E-state index in [1.54, 1.807) is 0 Å². The molecule has 0 nitrogen and oxygen atoms in total. The molecule has 0 saturated carbocycles. The molecule has 78 valence electrons. The third kappa shape index (κ3) is 3.51. The van der Waals surface area contributed by atoms with Gasteiger partial charge in [0, 0.05) is 0 Å². The smallest absolute Gasteiger partial charge is 0.166 e. The zero-order chi connectivity index (χ0) is 10.8. The molecule has 1 rings (SSSR count). The summed E-state index contributed by atoms with van der Waals surface area (Å²) in [6, 6.07) is 5.39. The maximum atomic E-state index is 12.1. The second kappa shape index (κ2) is 4.55. The van der Waals surface area contributed by atoms with Crippen molar-refractivity contribution in [1.82, 2.24) is 0 Å². The van der Waals surface area contributed by atoms with E-state index >= 15 is 0 Å². The summed E-state index contributed by atoms with van der Waals surface area (Å²) in [5, 5.41) is 0. The monoisotopic (exact) mass is 258 g/mol. The van der Waals surface area contributed by atoms with Crippen LogP contribution in [-0.2, 0) is 12.2 Å². The molecule has 6 heteroatoms. The van der Waals surface area contributed by atoms with E-state index in [4.69, 9.17) is 22.2 Å². The van der Waals surface area contributed by atoms with Gasteiger partial charge in [0.15, 0.2) is 0 Å². The highest BCUT2D eigenvalue weighted by Crippen LogP contribution is 2.29. The van der Waals surface area contributed by atoms with Crippen LogP contribution in [0.25, 0.3) is 0 Å². The van der Waals surface area contributed by atoms with E-state index in [0.717, 1.165) is 17.7 Å². The molecule has 0 amide bonds. The first kappa shape index (κ1) is 11.9. The highest BCUT2D eigenvalue weighted by atomic mass is 35.7. The van der Waals surface area contributed by atoms with Crippen LogP contribution in [0.4, 0.5) is 13.2 Å². The van der Waals surface area contributed by atoms with Crippen LogP contribution in [0.3, 0.4) is 0 Å². The first-order valence-electron chi connectivity index (χ1n) is 3.84. The zero-order valence-electron chi connectivity index (χ0n) is 6.98. The molecule has 0 aromatic heterocycles. The molecule has 0 radical (unpaired) electrons. The van der Waals surface area contributed by atoms with Crippen molar-refractivity contribution in [1.29, 1.82) is 0 Å². The molecule has 1 aromatic rings. The van der Waals surface area contributed by atoms with E-state index < -0.39 is 19.2 Å². The summed E-state index contributed by atoms with van der Waals surface area (Å²) in [6.07, 6.45) is -4.28. The van der Waals surface area contributed by atoms with Gasteiger partial charge in [0.2, 0.25) is 7.42 Å². The minimum Gasteiger partial charge on any atom is -0.166 e. The molecule has 0 saturated heterocycles. The third-order valence-corrected chi connectivity index (χ3v) is 3.38. The van der Waals surface area contributed by atoms with E-state index in [1.165, 1.54) is 12.1 Å². The molecule has 0 unspecified atom stereocenters. The predicted molar refractivity (Wildman–Crippen MR) is 54.0 cm³/mol. The highest BCUT2D eigenvalue weighted by Gasteiger charge is 2.29. The molecule has 0 spiro atoms. The fourth-order valence-corrected chi connectivity index (χ4v) is 2.71. The van der Waals surface area contributed by atoms with Gasteiger partial charge in [-0.1, -0.05) is 12.1 Å². The number of benzene rings is 1. The lowest BCUT2D eigenvalue weighted by Gasteiger charge is -2.07. The van der Waals surface area contributed by atoms with Gasteiger partial charge in [0.25, 0.3) is 0 Å². The maximum Gasteiger partial charge on any atom is 0.416 e. The molecule has 0 bridgehead atoms. The Labute approximate surface area is 90.7 Å². The van der Waals surface area contributed by atoms with E-state index in [-0.39, 0.29) is 0 Å². The van der Waals surface area contributed by atoms with Crippen LogP contribution < -0.4 is 0 Å². The summed E-state index contributed by atoms with van der Waals surface area (Å²) in [6.45, 7) is 0. The van der Waals surface area contributed by atoms with Gasteiger partial charge in [-0.3, -0.25) is 0 Å². The van der Waals surface area contributed by atoms with Crippen LogP contribution >= 0.6 is 22.2 Å². The van der Waals surface area contributed by atoms with Crippen molar-refractivity contribution in [2.45, 2.75) is 12.2 Å². The lowest BCUT2D eigenvalue weighted by atomic mass is 10.1. The van der Waals surface area contributed by atoms with E-state index in [0.29, 0.717) is 6.04 Å². The molecular weight excluding hydrogens is 252 g/mol. The van der Waals surface area contributed by atoms with Gasteiger partial charge in [-0.2, -0.15) is 13.2 Å². The Balaban J connectivity index is 2.79. The predicted octanol–water partition coefficient (Wildman–Crippen LogP) is 3.49. The standard InChI is InChI=1S/C8H7Cl2F3Si/c9-14(10)5-6-1-3-7(4-2-6)8(11,12)13/h1-4,14H,5H2. The van der Waals surface area contributed by atoms with Crippen LogP contribution in [-0.4, -0.2) is 7.42 Å². The summed E-state index contributed by atoms with van der Waals surface area (Å²) >= 11 is 11.2. The van der Waals surface area contributed by atoms with Crippen molar-refractivity contribution in [2.75, 3.05) is 0 Å². The quantitative estimate of drug-likeness (QED) is 0.563. The van der Waals surface area contributed by atoms with Crippen molar-refractivity contribution in [2.24, 2.45) is 0 Å². The molecule has 0 fully saturated rings. The van der Waals surface area contributed by atoms with Crippen molar-refractivity contribution in [3.63, 3.8) is 0 Å². The second-order valence-corrected chi connectivity index (χ2v) is 7.81. The molecule has 14 heavy (non-hydrogen) atoms. The van der Waals surface area contributed by atoms with Crippen LogP contribution in [0.2, 0.25) is 0 Å². The molecular formula is C8H7Cl2F3Si. The Kier molecular flexibility index (Phi) is 3.86. The highest BCUT2D eigenvalue weighted by molar-refractivity contribution is 7.33. The minimum atomic E-state index is -4.28. The number of hydrogen-bond donors (Lipinski definition) is 0. The first-order valence-corrected chi connectivity index (χ1v) is 8.14. The van der Waals surface area contributed by atoms with Crippen LogP contribution in [0, 0.1) is 0 Å². The van der Waals surface area contributed by atoms with Crippen molar-refractivity contribution in [3.05, 3.63) is 35.4 Å². The molecule has 0 aliphatic heterocycles. The zero-order valence-corrected chi connectivity index (χ0v) is 9.65. The topological polar surface area (TPSA) is 0 Å². The minimum absolute atomic E-state index is 0.487. The summed E-state index contributed by atoms with van der Waals surface area (Å²) in [7, 11) is -1.79. The Bertz CT molecular complexity index is 294. The normalized spacial score (nSPS) is 12.1. The average Bonchev–Trinajstić information content (AvgIpc) is 2.02. The summed E-state index contributed by atoms with van der Waals surface area (Å²) in [5.41, 5.74) is 0.100. The van der Waals surface area contributed by atoms with Gasteiger partial charge in [-0.15, -0.1) is 22.2 Å². The lowest BCUT2D eigenvalue weighted by Crippen LogP contribution is -2.05. The Morgan fingerprint density at radius 2 is 1.57 bits per heavy atom. The third-order valence-electron chi connectivity index (χ3n) is 1.67. The van der Waals surface area contributed by atoms with Crippen molar-refractivity contribution < 1.29 is 13.2 Å². The first-order chi connectivity index (χ1) is 6.39. The molecule has 0 aliphatic carbocycles. The molecule has 0 atom stereocenters. The molecule has 0 N–H and O–H groups in total. The number of halogens is 5. The van der Waals surface area contributed by atoms with Gasteiger partial charge in [-0.05, 0) is 23.7 Å². The summed E-state index contributed by atoms with van der Waals surface area (Å²) in [4.78, 5) is 0. The van der Waals surface area contributed by atoms with Crippen LogP contribution in [0.1, 0.15) is 11.1 Å². The maximum absolute atomic E-state index is 12.1.